The van der Waals surface area contributed by atoms with E-state index >= 15 is 0 Å². The van der Waals surface area contributed by atoms with Crippen LogP contribution in [-0.2, 0) is 0 Å². The summed E-state index contributed by atoms with van der Waals surface area (Å²) in [4.78, 5) is 10.0. The van der Waals surface area contributed by atoms with Crippen LogP contribution >= 0.6 is 11.3 Å². The first-order valence-electron chi connectivity index (χ1n) is 20.4. The Morgan fingerprint density at radius 1 is 0.400 bits per heavy atom. The zero-order valence-corrected chi connectivity index (χ0v) is 33.1. The van der Waals surface area contributed by atoms with Gasteiger partial charge in [-0.25, -0.2) is 4.98 Å². The van der Waals surface area contributed by atoms with Crippen molar-refractivity contribution in [3.05, 3.63) is 200 Å². The highest BCUT2D eigenvalue weighted by Gasteiger charge is 2.19. The number of pyridine rings is 2. The fourth-order valence-corrected chi connectivity index (χ4v) is 10.7. The molecule has 13 aromatic rings. The second kappa shape index (κ2) is 12.9. The van der Waals surface area contributed by atoms with Crippen LogP contribution in [0.1, 0.15) is 0 Å². The Kier molecular flexibility index (Phi) is 7.18. The van der Waals surface area contributed by atoms with Crippen molar-refractivity contribution in [1.29, 1.82) is 0 Å². The Hall–Kier alpha value is -7.66. The summed E-state index contributed by atoms with van der Waals surface area (Å²) in [5, 5.41) is 11.2. The van der Waals surface area contributed by atoms with Crippen molar-refractivity contribution in [1.82, 2.24) is 14.4 Å². The van der Waals surface area contributed by atoms with Gasteiger partial charge in [0.05, 0.1) is 26.9 Å². The maximum absolute atomic E-state index is 5.25. The van der Waals surface area contributed by atoms with Crippen LogP contribution in [-0.4, -0.2) is 14.4 Å². The van der Waals surface area contributed by atoms with E-state index in [9.17, 15) is 0 Å². The smallest absolute Gasteiger partial charge is 0.156 e. The molecule has 0 aliphatic rings. The maximum atomic E-state index is 5.25. The number of aromatic nitrogens is 3. The third-order valence-corrected chi connectivity index (χ3v) is 13.6. The van der Waals surface area contributed by atoms with Gasteiger partial charge in [0.25, 0.3) is 0 Å². The first-order chi connectivity index (χ1) is 29.7. The van der Waals surface area contributed by atoms with Gasteiger partial charge in [-0.05, 0) is 96.2 Å². The number of fused-ring (bicyclic) bond motifs is 13. The molecule has 0 saturated carbocycles. The van der Waals surface area contributed by atoms with Gasteiger partial charge >= 0.3 is 0 Å². The summed E-state index contributed by atoms with van der Waals surface area (Å²) in [6.45, 7) is 0. The number of nitrogens with zero attached hydrogens (tertiary/aromatic N) is 3. The normalized spacial score (nSPS) is 12.0. The van der Waals surface area contributed by atoms with Gasteiger partial charge in [0.1, 0.15) is 0 Å². The number of thiophene rings is 1. The number of hydrogen-bond acceptors (Lipinski definition) is 3. The lowest BCUT2D eigenvalue weighted by atomic mass is 9.91. The molecule has 9 aromatic carbocycles. The van der Waals surface area contributed by atoms with Gasteiger partial charge in [0.2, 0.25) is 0 Å². The van der Waals surface area contributed by atoms with Crippen LogP contribution in [0.25, 0.3) is 125 Å². The van der Waals surface area contributed by atoms with E-state index in [1.165, 1.54) is 85.9 Å². The molecule has 3 nitrogen and oxygen atoms in total. The fourth-order valence-electron chi connectivity index (χ4n) is 9.54. The molecule has 0 atom stereocenters. The molecule has 0 aliphatic carbocycles. The molecular formula is C56H33N3S. The summed E-state index contributed by atoms with van der Waals surface area (Å²) < 4.78 is 4.87. The summed E-state index contributed by atoms with van der Waals surface area (Å²) in [6, 6.07) is 70.7. The van der Waals surface area contributed by atoms with Crippen molar-refractivity contribution in [3.8, 4) is 44.6 Å². The highest BCUT2D eigenvalue weighted by atomic mass is 32.1. The highest BCUT2D eigenvalue weighted by Crippen LogP contribution is 2.44. The molecule has 0 N–H and O–H groups in total. The Morgan fingerprint density at radius 2 is 1.02 bits per heavy atom. The second-order valence-electron chi connectivity index (χ2n) is 15.7. The van der Waals surface area contributed by atoms with E-state index in [-0.39, 0.29) is 0 Å². The molecule has 278 valence electrons. The van der Waals surface area contributed by atoms with Gasteiger partial charge in [-0.2, -0.15) is 0 Å². The fraction of sp³-hybridized carbons (Fsp3) is 0. The molecule has 0 fully saturated rings. The quantitative estimate of drug-likeness (QED) is 0.167. The van der Waals surface area contributed by atoms with E-state index in [1.807, 2.05) is 17.5 Å². The Morgan fingerprint density at radius 3 is 1.78 bits per heavy atom. The highest BCUT2D eigenvalue weighted by molar-refractivity contribution is 7.26. The third-order valence-electron chi connectivity index (χ3n) is 12.4. The SMILES string of the molecule is c1ccc2c(c1)cnc1cc(-c3ccc(-c4ccc(-c5ccc(-c6cc7c(sc8ccc9ccccc9c87)c7nc8ccccc8n67)cc5)c5ccccc45)cc3)ccc12. The topological polar surface area (TPSA) is 30.2 Å². The van der Waals surface area contributed by atoms with Crippen molar-refractivity contribution in [2.24, 2.45) is 0 Å². The first-order valence-corrected chi connectivity index (χ1v) is 21.2. The number of hydrogen-bond donors (Lipinski definition) is 0. The zero-order chi connectivity index (χ0) is 39.3. The molecule has 0 unspecified atom stereocenters. The van der Waals surface area contributed by atoms with Crippen LogP contribution < -0.4 is 0 Å². The molecule has 13 rings (SSSR count). The average molecular weight is 780 g/mol. The van der Waals surface area contributed by atoms with E-state index < -0.39 is 0 Å². The van der Waals surface area contributed by atoms with Crippen LogP contribution in [0.2, 0.25) is 0 Å². The molecule has 0 spiro atoms. The summed E-state index contributed by atoms with van der Waals surface area (Å²) in [7, 11) is 0. The Labute approximate surface area is 349 Å². The van der Waals surface area contributed by atoms with E-state index in [0.29, 0.717) is 0 Å². The van der Waals surface area contributed by atoms with Crippen LogP contribution in [0.15, 0.2) is 200 Å². The molecular weight excluding hydrogens is 747 g/mol. The molecule has 0 saturated heterocycles. The lowest BCUT2D eigenvalue weighted by molar-refractivity contribution is 1.25. The molecule has 0 aliphatic heterocycles. The summed E-state index contributed by atoms with van der Waals surface area (Å²) in [5.74, 6) is 0. The van der Waals surface area contributed by atoms with Gasteiger partial charge < -0.3 is 0 Å². The Balaban J connectivity index is 0.893. The lowest BCUT2D eigenvalue weighted by Gasteiger charge is -2.14. The van der Waals surface area contributed by atoms with Gasteiger partial charge in [-0.3, -0.25) is 9.38 Å². The van der Waals surface area contributed by atoms with Crippen molar-refractivity contribution in [2.75, 3.05) is 0 Å². The van der Waals surface area contributed by atoms with Gasteiger partial charge in [-0.15, -0.1) is 11.3 Å². The van der Waals surface area contributed by atoms with Crippen molar-refractivity contribution in [3.63, 3.8) is 0 Å². The monoisotopic (exact) mass is 779 g/mol. The van der Waals surface area contributed by atoms with Crippen molar-refractivity contribution in [2.45, 2.75) is 0 Å². The van der Waals surface area contributed by atoms with Crippen LogP contribution in [0, 0.1) is 0 Å². The van der Waals surface area contributed by atoms with E-state index in [0.717, 1.165) is 38.8 Å². The van der Waals surface area contributed by atoms with Gasteiger partial charge in [0.15, 0.2) is 5.65 Å². The van der Waals surface area contributed by atoms with Crippen molar-refractivity contribution >= 4 is 91.4 Å². The van der Waals surface area contributed by atoms with Gasteiger partial charge in [0, 0.05) is 32.4 Å². The van der Waals surface area contributed by atoms with Crippen molar-refractivity contribution < 1.29 is 0 Å². The summed E-state index contributed by atoms with van der Waals surface area (Å²) in [5.41, 5.74) is 13.6. The maximum Gasteiger partial charge on any atom is 0.156 e. The number of benzene rings is 9. The molecule has 0 bridgehead atoms. The predicted molar refractivity (Wildman–Crippen MR) is 255 cm³/mol. The van der Waals surface area contributed by atoms with E-state index in [2.05, 4.69) is 199 Å². The van der Waals surface area contributed by atoms with Gasteiger partial charge in [-0.1, -0.05) is 164 Å². The minimum atomic E-state index is 1.01. The first kappa shape index (κ1) is 33.3. The molecule has 4 heteroatoms. The standard InChI is InChI=1S/C56H33N3S/c1-4-12-44-35(9-1)26-30-53-54(44)48-32-52(59-51-16-8-7-15-49(51)58-56(59)55(48)60-53)38-23-21-37(22-24-38)43-29-28-42(45-13-5-6-14-46(43)45)36-19-17-34(18-20-36)39-25-27-47-41-11-3-2-10-40(41)33-57-50(47)31-39/h1-33H. The van der Waals surface area contributed by atoms with Crippen LogP contribution in [0.3, 0.4) is 0 Å². The van der Waals surface area contributed by atoms with Crippen LogP contribution in [0.4, 0.5) is 0 Å². The number of imidazole rings is 1. The molecule has 0 radical (unpaired) electrons. The average Bonchev–Trinajstić information content (AvgIpc) is 3.90. The van der Waals surface area contributed by atoms with E-state index in [4.69, 9.17) is 9.97 Å². The zero-order valence-electron chi connectivity index (χ0n) is 32.3. The minimum Gasteiger partial charge on any atom is -0.291 e. The Bertz CT molecular complexity index is 3880. The number of rotatable bonds is 4. The lowest BCUT2D eigenvalue weighted by Crippen LogP contribution is -1.93. The molecule has 60 heavy (non-hydrogen) atoms. The minimum absolute atomic E-state index is 1.01. The summed E-state index contributed by atoms with van der Waals surface area (Å²) in [6.07, 6.45) is 1.97. The molecule has 0 amide bonds. The molecule has 4 heterocycles. The number of para-hydroxylation sites is 2. The van der Waals surface area contributed by atoms with Crippen LogP contribution in [0.5, 0.6) is 0 Å². The van der Waals surface area contributed by atoms with E-state index in [1.54, 1.807) is 0 Å². The summed E-state index contributed by atoms with van der Waals surface area (Å²) >= 11 is 1.84. The molecule has 4 aromatic heterocycles. The second-order valence-corrected chi connectivity index (χ2v) is 16.8. The third kappa shape index (κ3) is 5.01. The predicted octanol–water partition coefficient (Wildman–Crippen LogP) is 15.5. The largest absolute Gasteiger partial charge is 0.291 e.